The molecule has 2 aromatic carbocycles. The first-order valence-electron chi connectivity index (χ1n) is 9.83. The molecule has 2 amide bonds. The highest BCUT2D eigenvalue weighted by molar-refractivity contribution is 6.50. The molecule has 0 bridgehead atoms. The Morgan fingerprint density at radius 2 is 1.48 bits per heavy atom. The van der Waals surface area contributed by atoms with Crippen molar-refractivity contribution in [2.45, 2.75) is 6.54 Å². The topological polar surface area (TPSA) is 105 Å². The van der Waals surface area contributed by atoms with Crippen molar-refractivity contribution < 1.29 is 9.59 Å². The van der Waals surface area contributed by atoms with E-state index in [1.165, 1.54) is 0 Å². The second kappa shape index (κ2) is 7.19. The number of nitrogens with zero attached hydrogens (tertiary/aromatic N) is 5. The summed E-state index contributed by atoms with van der Waals surface area (Å²) in [6.45, 7) is 0.756. The standard InChI is InChI=1S/C23H18N6O2/c1-28-12-16(14-6-2-4-8-18(14)28)20-21(23(31)26-22(20)30)17-13-29(11-10-25-27-24)19-9-5-3-7-15(17)19/h2-9,12-13H,10-11H2,1H3,(H,26,30,31). The van der Waals surface area contributed by atoms with Crippen LogP contribution in [0.2, 0.25) is 0 Å². The molecule has 0 atom stereocenters. The Bertz CT molecular complexity index is 1470. The van der Waals surface area contributed by atoms with Crippen LogP contribution in [0, 0.1) is 0 Å². The molecule has 152 valence electrons. The van der Waals surface area contributed by atoms with Gasteiger partial charge in [0.2, 0.25) is 0 Å². The molecule has 2 aromatic heterocycles. The summed E-state index contributed by atoms with van der Waals surface area (Å²) in [6, 6.07) is 15.5. The minimum Gasteiger partial charge on any atom is -0.350 e. The molecule has 5 rings (SSSR count). The van der Waals surface area contributed by atoms with E-state index in [1.807, 2.05) is 77.1 Å². The Kier molecular flexibility index (Phi) is 4.34. The van der Waals surface area contributed by atoms with Gasteiger partial charge in [0.25, 0.3) is 11.8 Å². The summed E-state index contributed by atoms with van der Waals surface area (Å²) in [5.74, 6) is -0.812. The van der Waals surface area contributed by atoms with Gasteiger partial charge in [0.15, 0.2) is 0 Å². The molecule has 8 nitrogen and oxygen atoms in total. The number of amides is 2. The van der Waals surface area contributed by atoms with Crippen molar-refractivity contribution in [1.82, 2.24) is 14.5 Å². The molecule has 0 spiro atoms. The Morgan fingerprint density at radius 1 is 0.903 bits per heavy atom. The van der Waals surface area contributed by atoms with Gasteiger partial charge in [-0.2, -0.15) is 0 Å². The summed E-state index contributed by atoms with van der Waals surface area (Å²) in [6.07, 6.45) is 3.75. The summed E-state index contributed by atoms with van der Waals surface area (Å²) in [4.78, 5) is 28.7. The number of carbonyl (C=O) groups is 2. The molecule has 1 aliphatic heterocycles. The predicted octanol–water partition coefficient (Wildman–Crippen LogP) is 4.01. The normalized spacial score (nSPS) is 13.8. The van der Waals surface area contributed by atoms with E-state index in [0.29, 0.717) is 23.3 Å². The Morgan fingerprint density at radius 3 is 2.16 bits per heavy atom. The number of azide groups is 1. The number of hydrogen-bond donors (Lipinski definition) is 1. The zero-order chi connectivity index (χ0) is 21.5. The van der Waals surface area contributed by atoms with Crippen LogP contribution in [0.4, 0.5) is 0 Å². The fraction of sp³-hybridized carbons (Fsp3) is 0.130. The summed E-state index contributed by atoms with van der Waals surface area (Å²) in [5, 5.41) is 7.87. The molecule has 0 fully saturated rings. The fourth-order valence-corrected chi connectivity index (χ4v) is 4.34. The van der Waals surface area contributed by atoms with Crippen LogP contribution in [-0.4, -0.2) is 27.5 Å². The third-order valence-electron chi connectivity index (χ3n) is 5.66. The molecular weight excluding hydrogens is 392 g/mol. The lowest BCUT2D eigenvalue weighted by Gasteiger charge is -2.03. The average Bonchev–Trinajstić information content (AvgIpc) is 3.39. The number of hydrogen-bond acceptors (Lipinski definition) is 3. The molecule has 1 aliphatic rings. The quantitative estimate of drug-likeness (QED) is 0.232. The number of carbonyl (C=O) groups excluding carboxylic acids is 2. The molecule has 0 aliphatic carbocycles. The number of rotatable bonds is 5. The number of aryl methyl sites for hydroxylation is 1. The van der Waals surface area contributed by atoms with Crippen LogP contribution in [0.15, 0.2) is 66.0 Å². The van der Waals surface area contributed by atoms with Crippen molar-refractivity contribution >= 4 is 44.8 Å². The number of imide groups is 1. The first kappa shape index (κ1) is 18.7. The molecular formula is C23H18N6O2. The molecule has 0 radical (unpaired) electrons. The van der Waals surface area contributed by atoms with Crippen molar-refractivity contribution in [3.63, 3.8) is 0 Å². The van der Waals surface area contributed by atoms with Crippen molar-refractivity contribution in [1.29, 1.82) is 0 Å². The van der Waals surface area contributed by atoms with Crippen LogP contribution in [0.3, 0.4) is 0 Å². The molecule has 3 heterocycles. The largest absolute Gasteiger partial charge is 0.350 e. The van der Waals surface area contributed by atoms with Gasteiger partial charge in [-0.05, 0) is 17.7 Å². The lowest BCUT2D eigenvalue weighted by molar-refractivity contribution is -0.122. The molecule has 0 saturated heterocycles. The van der Waals surface area contributed by atoms with Crippen molar-refractivity contribution in [3.05, 3.63) is 82.5 Å². The van der Waals surface area contributed by atoms with Crippen LogP contribution in [0.1, 0.15) is 11.1 Å². The van der Waals surface area contributed by atoms with Crippen LogP contribution in [-0.2, 0) is 23.2 Å². The van der Waals surface area contributed by atoms with Crippen LogP contribution in [0.25, 0.3) is 43.4 Å². The maximum atomic E-state index is 13.0. The number of aromatic nitrogens is 2. The molecule has 0 unspecified atom stereocenters. The highest BCUT2D eigenvalue weighted by Gasteiger charge is 2.35. The van der Waals surface area contributed by atoms with Gasteiger partial charge in [0.1, 0.15) is 0 Å². The van der Waals surface area contributed by atoms with Crippen molar-refractivity contribution in [2.75, 3.05) is 6.54 Å². The molecule has 8 heteroatoms. The van der Waals surface area contributed by atoms with Crippen LogP contribution >= 0.6 is 0 Å². The maximum absolute atomic E-state index is 13.0. The van der Waals surface area contributed by atoms with E-state index in [4.69, 9.17) is 5.53 Å². The summed E-state index contributed by atoms with van der Waals surface area (Å²) in [5.41, 5.74) is 12.6. The SMILES string of the molecule is Cn1cc(C2=C(c3cn(CCN=[N+]=[N-])c4ccccc34)C(=O)NC2=O)c2ccccc21. The zero-order valence-corrected chi connectivity index (χ0v) is 16.7. The molecule has 4 aromatic rings. The van der Waals surface area contributed by atoms with Crippen LogP contribution in [0.5, 0.6) is 0 Å². The number of nitrogens with one attached hydrogen (secondary N) is 1. The van der Waals surface area contributed by atoms with E-state index in [0.717, 1.165) is 27.4 Å². The summed E-state index contributed by atoms with van der Waals surface area (Å²) in [7, 11) is 1.92. The van der Waals surface area contributed by atoms with E-state index in [1.54, 1.807) is 0 Å². The zero-order valence-electron chi connectivity index (χ0n) is 16.7. The molecule has 0 saturated carbocycles. The Balaban J connectivity index is 1.78. The van der Waals surface area contributed by atoms with E-state index < -0.39 is 11.8 Å². The lowest BCUT2D eigenvalue weighted by atomic mass is 9.95. The first-order chi connectivity index (χ1) is 15.1. The van der Waals surface area contributed by atoms with E-state index in [2.05, 4.69) is 15.3 Å². The Hall–Kier alpha value is -4.29. The number of para-hydroxylation sites is 2. The van der Waals surface area contributed by atoms with Crippen molar-refractivity contribution in [3.8, 4) is 0 Å². The maximum Gasteiger partial charge on any atom is 0.259 e. The van der Waals surface area contributed by atoms with Gasteiger partial charge in [-0.1, -0.05) is 41.5 Å². The number of fused-ring (bicyclic) bond motifs is 2. The van der Waals surface area contributed by atoms with Crippen molar-refractivity contribution in [2.24, 2.45) is 12.2 Å². The Labute approximate surface area is 177 Å². The van der Waals surface area contributed by atoms with Gasteiger partial charge in [-0.25, -0.2) is 0 Å². The van der Waals surface area contributed by atoms with Crippen LogP contribution < -0.4 is 5.32 Å². The van der Waals surface area contributed by atoms with Gasteiger partial charge in [0, 0.05) is 70.4 Å². The average molecular weight is 410 g/mol. The van der Waals surface area contributed by atoms with Gasteiger partial charge in [-0.3, -0.25) is 14.9 Å². The number of benzene rings is 2. The fourth-order valence-electron chi connectivity index (χ4n) is 4.34. The van der Waals surface area contributed by atoms with E-state index in [9.17, 15) is 9.59 Å². The third-order valence-corrected chi connectivity index (χ3v) is 5.66. The summed E-state index contributed by atoms with van der Waals surface area (Å²) < 4.78 is 3.90. The van der Waals surface area contributed by atoms with Gasteiger partial charge in [0.05, 0.1) is 11.1 Å². The minimum absolute atomic E-state index is 0.287. The highest BCUT2D eigenvalue weighted by atomic mass is 16.2. The molecule has 1 N–H and O–H groups in total. The highest BCUT2D eigenvalue weighted by Crippen LogP contribution is 2.38. The van der Waals surface area contributed by atoms with E-state index in [-0.39, 0.29) is 6.54 Å². The van der Waals surface area contributed by atoms with Gasteiger partial charge >= 0.3 is 0 Å². The second-order valence-electron chi connectivity index (χ2n) is 7.41. The van der Waals surface area contributed by atoms with Gasteiger partial charge in [-0.15, -0.1) is 0 Å². The van der Waals surface area contributed by atoms with Gasteiger partial charge < -0.3 is 9.13 Å². The van der Waals surface area contributed by atoms with E-state index >= 15 is 0 Å². The minimum atomic E-state index is -0.411. The smallest absolute Gasteiger partial charge is 0.259 e. The lowest BCUT2D eigenvalue weighted by Crippen LogP contribution is -2.22. The third kappa shape index (κ3) is 2.89. The monoisotopic (exact) mass is 410 g/mol. The predicted molar refractivity (Wildman–Crippen MR) is 119 cm³/mol. The second-order valence-corrected chi connectivity index (χ2v) is 7.41. The molecule has 31 heavy (non-hydrogen) atoms. The summed E-state index contributed by atoms with van der Waals surface area (Å²) >= 11 is 0. The first-order valence-corrected chi connectivity index (χ1v) is 9.83.